The molecule has 0 bridgehead atoms. The van der Waals surface area contributed by atoms with E-state index in [1.54, 1.807) is 49.4 Å². The molecule has 1 aromatic heterocycles. The Hall–Kier alpha value is -3.45. The second-order valence-electron chi connectivity index (χ2n) is 8.15. The highest BCUT2D eigenvalue weighted by atomic mass is 32.2. The number of halogens is 1. The van der Waals surface area contributed by atoms with Gasteiger partial charge in [-0.1, -0.05) is 54.2 Å². The van der Waals surface area contributed by atoms with Crippen LogP contribution in [-0.4, -0.2) is 26.8 Å². The number of carbonyl (C=O) groups excluding carboxylic acids is 1. The van der Waals surface area contributed by atoms with Crippen LogP contribution in [0.25, 0.3) is 16.6 Å². The van der Waals surface area contributed by atoms with Gasteiger partial charge in [0.05, 0.1) is 21.8 Å². The number of rotatable bonds is 4. The molecular formula is C26H22FN3O2S. The number of amides is 1. The average molecular weight is 460 g/mol. The maximum Gasteiger partial charge on any atom is 0.266 e. The van der Waals surface area contributed by atoms with Crippen LogP contribution in [0.5, 0.6) is 0 Å². The van der Waals surface area contributed by atoms with Gasteiger partial charge in [-0.05, 0) is 56.2 Å². The molecular weight excluding hydrogens is 437 g/mol. The zero-order chi connectivity index (χ0) is 23.1. The first-order valence-corrected chi connectivity index (χ1v) is 11.7. The molecule has 0 aliphatic carbocycles. The average Bonchev–Trinajstić information content (AvgIpc) is 3.15. The summed E-state index contributed by atoms with van der Waals surface area (Å²) in [5.74, 6) is -0.598. The van der Waals surface area contributed by atoms with Gasteiger partial charge in [0.1, 0.15) is 5.82 Å². The number of hydrogen-bond acceptors (Lipinski definition) is 4. The number of nitrogens with zero attached hydrogens (tertiary/aromatic N) is 3. The largest absolute Gasteiger partial charge is 0.308 e. The number of benzene rings is 3. The summed E-state index contributed by atoms with van der Waals surface area (Å²) in [5, 5.41) is 0.139. The molecule has 1 aliphatic heterocycles. The Balaban J connectivity index is 1.58. The number of para-hydroxylation sites is 3. The molecule has 2 heterocycles. The first-order chi connectivity index (χ1) is 16.0. The van der Waals surface area contributed by atoms with Crippen LogP contribution in [0.15, 0.2) is 82.7 Å². The summed E-state index contributed by atoms with van der Waals surface area (Å²) in [7, 11) is 0. The van der Waals surface area contributed by atoms with Gasteiger partial charge in [0, 0.05) is 11.7 Å². The quantitative estimate of drug-likeness (QED) is 0.319. The van der Waals surface area contributed by atoms with Gasteiger partial charge >= 0.3 is 0 Å². The van der Waals surface area contributed by atoms with Crippen molar-refractivity contribution in [1.29, 1.82) is 0 Å². The maximum absolute atomic E-state index is 14.7. The van der Waals surface area contributed by atoms with Crippen LogP contribution in [-0.2, 0) is 11.2 Å². The lowest BCUT2D eigenvalue weighted by Gasteiger charge is -2.26. The number of thioether (sulfide) groups is 1. The predicted octanol–water partition coefficient (Wildman–Crippen LogP) is 4.98. The molecule has 1 aliphatic rings. The summed E-state index contributed by atoms with van der Waals surface area (Å²) < 4.78 is 16.0. The number of anilines is 1. The van der Waals surface area contributed by atoms with E-state index in [1.807, 2.05) is 36.1 Å². The minimum absolute atomic E-state index is 0.0382. The van der Waals surface area contributed by atoms with Crippen molar-refractivity contribution in [2.45, 2.75) is 36.7 Å². The molecule has 33 heavy (non-hydrogen) atoms. The zero-order valence-corrected chi connectivity index (χ0v) is 19.1. The standard InChI is InChI=1S/C26H22FN3O2S/c1-16-15-18-9-3-7-13-22(18)29(16)24(31)17(2)33-26-28-21-12-6-4-10-19(21)25(32)30(26)23-14-8-5-11-20(23)27/h3-14,16-17H,15H2,1-2H3/t16-,17+/m1/s1. The number of hydrogen-bond donors (Lipinski definition) is 0. The van der Waals surface area contributed by atoms with Crippen LogP contribution in [0.3, 0.4) is 0 Å². The van der Waals surface area contributed by atoms with E-state index in [0.29, 0.717) is 10.9 Å². The second kappa shape index (κ2) is 8.48. The van der Waals surface area contributed by atoms with E-state index in [9.17, 15) is 14.0 Å². The van der Waals surface area contributed by atoms with E-state index in [4.69, 9.17) is 0 Å². The lowest BCUT2D eigenvalue weighted by Crippen LogP contribution is -2.40. The molecule has 2 atom stereocenters. The molecule has 5 nitrogen and oxygen atoms in total. The fourth-order valence-electron chi connectivity index (χ4n) is 4.34. The molecule has 0 fully saturated rings. The molecule has 0 radical (unpaired) electrons. The van der Waals surface area contributed by atoms with Crippen molar-refractivity contribution in [3.05, 3.63) is 94.5 Å². The Bertz CT molecular complexity index is 1430. The van der Waals surface area contributed by atoms with Crippen molar-refractivity contribution >= 4 is 34.3 Å². The van der Waals surface area contributed by atoms with Crippen LogP contribution in [0.2, 0.25) is 0 Å². The third-order valence-electron chi connectivity index (χ3n) is 5.91. The summed E-state index contributed by atoms with van der Waals surface area (Å²) in [6.45, 7) is 3.83. The first kappa shape index (κ1) is 21.4. The molecule has 0 saturated heterocycles. The van der Waals surface area contributed by atoms with Gasteiger partial charge in [-0.3, -0.25) is 14.2 Å². The molecule has 166 valence electrons. The highest BCUT2D eigenvalue weighted by Gasteiger charge is 2.34. The van der Waals surface area contributed by atoms with Gasteiger partial charge < -0.3 is 4.90 Å². The van der Waals surface area contributed by atoms with Gasteiger partial charge in [-0.2, -0.15) is 0 Å². The highest BCUT2D eigenvalue weighted by molar-refractivity contribution is 8.00. The second-order valence-corrected chi connectivity index (χ2v) is 9.46. The minimum Gasteiger partial charge on any atom is -0.308 e. The Morgan fingerprint density at radius 1 is 1.03 bits per heavy atom. The van der Waals surface area contributed by atoms with Gasteiger partial charge in [0.25, 0.3) is 5.56 Å². The molecule has 7 heteroatoms. The number of aromatic nitrogens is 2. The van der Waals surface area contributed by atoms with Crippen molar-refractivity contribution in [1.82, 2.24) is 9.55 Å². The Labute approximate surface area is 194 Å². The lowest BCUT2D eigenvalue weighted by molar-refractivity contribution is -0.118. The number of fused-ring (bicyclic) bond motifs is 2. The molecule has 4 aromatic rings. The smallest absolute Gasteiger partial charge is 0.266 e. The van der Waals surface area contributed by atoms with E-state index in [-0.39, 0.29) is 28.4 Å². The molecule has 0 N–H and O–H groups in total. The molecule has 0 spiro atoms. The Morgan fingerprint density at radius 3 is 2.48 bits per heavy atom. The molecule has 5 rings (SSSR count). The summed E-state index contributed by atoms with van der Waals surface area (Å²) in [4.78, 5) is 33.3. The van der Waals surface area contributed by atoms with E-state index in [2.05, 4.69) is 4.98 Å². The minimum atomic E-state index is -0.537. The maximum atomic E-state index is 14.7. The fourth-order valence-corrected chi connectivity index (χ4v) is 5.31. The SMILES string of the molecule is C[C@H](Sc1nc2ccccc2c(=O)n1-c1ccccc1F)C(=O)N1c2ccccc2C[C@H]1C. The van der Waals surface area contributed by atoms with E-state index >= 15 is 0 Å². The summed E-state index contributed by atoms with van der Waals surface area (Å²) in [5.41, 5.74) is 2.32. The van der Waals surface area contributed by atoms with Crippen LogP contribution < -0.4 is 10.5 Å². The molecule has 1 amide bonds. The Kier molecular flexibility index (Phi) is 5.50. The Morgan fingerprint density at radius 2 is 1.70 bits per heavy atom. The number of carbonyl (C=O) groups is 1. The van der Waals surface area contributed by atoms with E-state index in [1.165, 1.54) is 22.4 Å². The van der Waals surface area contributed by atoms with Crippen molar-refractivity contribution in [3.63, 3.8) is 0 Å². The van der Waals surface area contributed by atoms with Gasteiger partial charge in [-0.15, -0.1) is 0 Å². The summed E-state index contributed by atoms with van der Waals surface area (Å²) in [6, 6.07) is 21.0. The topological polar surface area (TPSA) is 55.2 Å². The third kappa shape index (κ3) is 3.72. The van der Waals surface area contributed by atoms with Crippen LogP contribution in [0, 0.1) is 5.82 Å². The molecule has 0 unspecified atom stereocenters. The molecule has 3 aromatic carbocycles. The van der Waals surface area contributed by atoms with Crippen molar-refractivity contribution in [2.24, 2.45) is 0 Å². The van der Waals surface area contributed by atoms with Gasteiger partial charge in [0.15, 0.2) is 5.16 Å². The fraction of sp³-hybridized carbons (Fsp3) is 0.192. The monoisotopic (exact) mass is 459 g/mol. The predicted molar refractivity (Wildman–Crippen MR) is 130 cm³/mol. The molecule has 0 saturated carbocycles. The zero-order valence-electron chi connectivity index (χ0n) is 18.2. The van der Waals surface area contributed by atoms with Crippen molar-refractivity contribution < 1.29 is 9.18 Å². The van der Waals surface area contributed by atoms with Crippen LogP contribution >= 0.6 is 11.8 Å². The normalized spacial score (nSPS) is 16.1. The first-order valence-electron chi connectivity index (χ1n) is 10.8. The third-order valence-corrected chi connectivity index (χ3v) is 6.95. The van der Waals surface area contributed by atoms with Gasteiger partial charge in [-0.25, -0.2) is 9.37 Å². The summed E-state index contributed by atoms with van der Waals surface area (Å²) in [6.07, 6.45) is 0.799. The van der Waals surface area contributed by atoms with E-state index in [0.717, 1.165) is 17.7 Å². The van der Waals surface area contributed by atoms with Crippen LogP contribution in [0.4, 0.5) is 10.1 Å². The van der Waals surface area contributed by atoms with Crippen molar-refractivity contribution in [2.75, 3.05) is 4.90 Å². The highest BCUT2D eigenvalue weighted by Crippen LogP contribution is 2.35. The van der Waals surface area contributed by atoms with Crippen molar-refractivity contribution in [3.8, 4) is 5.69 Å². The lowest BCUT2D eigenvalue weighted by atomic mass is 10.1. The van der Waals surface area contributed by atoms with Crippen LogP contribution in [0.1, 0.15) is 19.4 Å². The van der Waals surface area contributed by atoms with E-state index < -0.39 is 11.1 Å². The van der Waals surface area contributed by atoms with Gasteiger partial charge in [0.2, 0.25) is 5.91 Å². The summed E-state index contributed by atoms with van der Waals surface area (Å²) >= 11 is 1.17.